The maximum Gasteiger partial charge on any atom is 0.238 e. The lowest BCUT2D eigenvalue weighted by Gasteiger charge is -2.26. The average Bonchev–Trinajstić information content (AvgIpc) is 3.12. The first-order chi connectivity index (χ1) is 13.5. The monoisotopic (exact) mass is 400 g/mol. The molecular weight excluding hydrogens is 376 g/mol. The standard InChI is InChI=1S/C22H25ClN2O3/c1-14-10-15(2)22(17(23)11-14)24-21(26)13-25-7-3-4-18(25)16-5-6-19-20(12-16)28-9-8-27-19/h5-6,10-12,18H,3-4,7-9,13H2,1-2H3,(H,24,26)/t18-/m1/s1. The molecule has 0 unspecified atom stereocenters. The summed E-state index contributed by atoms with van der Waals surface area (Å²) >= 11 is 6.33. The van der Waals surface area contributed by atoms with Crippen LogP contribution in [0, 0.1) is 13.8 Å². The third-order valence-electron chi connectivity index (χ3n) is 5.36. The molecule has 5 nitrogen and oxygen atoms in total. The van der Waals surface area contributed by atoms with Crippen LogP contribution in [0.5, 0.6) is 11.5 Å². The molecule has 4 rings (SSSR count). The van der Waals surface area contributed by atoms with Crippen LogP contribution in [-0.2, 0) is 4.79 Å². The summed E-state index contributed by atoms with van der Waals surface area (Å²) in [6.45, 7) is 6.35. The number of aryl methyl sites for hydroxylation is 2. The van der Waals surface area contributed by atoms with Gasteiger partial charge >= 0.3 is 0 Å². The fourth-order valence-corrected chi connectivity index (χ4v) is 4.47. The van der Waals surface area contributed by atoms with Crippen molar-refractivity contribution in [2.75, 3.05) is 31.6 Å². The SMILES string of the molecule is Cc1cc(C)c(NC(=O)CN2CCC[C@@H]2c2ccc3c(c2)OCCO3)c(Cl)c1. The molecule has 0 radical (unpaired) electrons. The number of benzene rings is 2. The maximum atomic E-state index is 12.7. The van der Waals surface area contributed by atoms with Gasteiger partial charge in [0, 0.05) is 6.04 Å². The van der Waals surface area contributed by atoms with Gasteiger partial charge in [-0.1, -0.05) is 23.7 Å². The highest BCUT2D eigenvalue weighted by Crippen LogP contribution is 2.38. The van der Waals surface area contributed by atoms with Crippen LogP contribution in [0.3, 0.4) is 0 Å². The van der Waals surface area contributed by atoms with Crippen molar-refractivity contribution in [2.24, 2.45) is 0 Å². The Labute approximate surface area is 170 Å². The van der Waals surface area contributed by atoms with Gasteiger partial charge in [-0.05, 0) is 68.1 Å². The molecule has 2 heterocycles. The van der Waals surface area contributed by atoms with Gasteiger partial charge < -0.3 is 14.8 Å². The number of hydrogen-bond donors (Lipinski definition) is 1. The molecule has 0 saturated carbocycles. The predicted molar refractivity (Wildman–Crippen MR) is 111 cm³/mol. The molecule has 0 spiro atoms. The summed E-state index contributed by atoms with van der Waals surface area (Å²) in [6.07, 6.45) is 2.09. The molecule has 1 atom stereocenters. The summed E-state index contributed by atoms with van der Waals surface area (Å²) in [7, 11) is 0. The highest BCUT2D eigenvalue weighted by molar-refractivity contribution is 6.34. The van der Waals surface area contributed by atoms with Crippen LogP contribution in [0.1, 0.15) is 35.6 Å². The largest absolute Gasteiger partial charge is 0.486 e. The Morgan fingerprint density at radius 2 is 1.96 bits per heavy atom. The molecular formula is C22H25ClN2O3. The van der Waals surface area contributed by atoms with E-state index in [0.29, 0.717) is 30.5 Å². The van der Waals surface area contributed by atoms with Crippen LogP contribution in [0.4, 0.5) is 5.69 Å². The molecule has 148 valence electrons. The van der Waals surface area contributed by atoms with Gasteiger partial charge in [0.25, 0.3) is 0 Å². The molecule has 1 amide bonds. The van der Waals surface area contributed by atoms with Crippen molar-refractivity contribution in [3.63, 3.8) is 0 Å². The number of nitrogens with zero attached hydrogens (tertiary/aromatic N) is 1. The Balaban J connectivity index is 1.46. The molecule has 1 N–H and O–H groups in total. The number of carbonyl (C=O) groups is 1. The van der Waals surface area contributed by atoms with E-state index in [1.54, 1.807) is 0 Å². The molecule has 2 aliphatic rings. The van der Waals surface area contributed by atoms with Gasteiger partial charge in [-0.15, -0.1) is 0 Å². The van der Waals surface area contributed by atoms with E-state index in [9.17, 15) is 4.79 Å². The summed E-state index contributed by atoms with van der Waals surface area (Å²) < 4.78 is 11.3. The molecule has 6 heteroatoms. The minimum absolute atomic E-state index is 0.0432. The Hall–Kier alpha value is -2.24. The van der Waals surface area contributed by atoms with Gasteiger partial charge in [-0.3, -0.25) is 9.69 Å². The molecule has 1 fully saturated rings. The van der Waals surface area contributed by atoms with Crippen LogP contribution >= 0.6 is 11.6 Å². The smallest absolute Gasteiger partial charge is 0.238 e. The lowest BCUT2D eigenvalue weighted by Crippen LogP contribution is -2.33. The highest BCUT2D eigenvalue weighted by atomic mass is 35.5. The third kappa shape index (κ3) is 3.96. The van der Waals surface area contributed by atoms with Crippen molar-refractivity contribution >= 4 is 23.2 Å². The number of amides is 1. The highest BCUT2D eigenvalue weighted by Gasteiger charge is 2.29. The normalized spacial score (nSPS) is 18.9. The summed E-state index contributed by atoms with van der Waals surface area (Å²) in [5, 5.41) is 3.58. The summed E-state index contributed by atoms with van der Waals surface area (Å²) in [4.78, 5) is 14.9. The second-order valence-corrected chi connectivity index (χ2v) is 7.93. The van der Waals surface area contributed by atoms with Crippen molar-refractivity contribution in [1.29, 1.82) is 0 Å². The van der Waals surface area contributed by atoms with Crippen LogP contribution < -0.4 is 14.8 Å². The quantitative estimate of drug-likeness (QED) is 0.820. The van der Waals surface area contributed by atoms with E-state index in [0.717, 1.165) is 42.0 Å². The van der Waals surface area contributed by atoms with Crippen molar-refractivity contribution in [1.82, 2.24) is 4.90 Å². The number of ether oxygens (including phenoxy) is 2. The zero-order chi connectivity index (χ0) is 19.7. The number of rotatable bonds is 4. The molecule has 2 aliphatic heterocycles. The van der Waals surface area contributed by atoms with Crippen molar-refractivity contribution in [3.05, 3.63) is 52.0 Å². The second-order valence-electron chi connectivity index (χ2n) is 7.52. The van der Waals surface area contributed by atoms with E-state index in [2.05, 4.69) is 22.3 Å². The van der Waals surface area contributed by atoms with Crippen molar-refractivity contribution in [3.8, 4) is 11.5 Å². The van der Waals surface area contributed by atoms with E-state index in [1.807, 2.05) is 32.0 Å². The number of likely N-dealkylation sites (tertiary alicyclic amines) is 1. The topological polar surface area (TPSA) is 50.8 Å². The molecule has 28 heavy (non-hydrogen) atoms. The molecule has 2 aromatic carbocycles. The number of nitrogens with one attached hydrogen (secondary N) is 1. The Morgan fingerprint density at radius 3 is 2.75 bits per heavy atom. The van der Waals surface area contributed by atoms with Crippen LogP contribution in [-0.4, -0.2) is 37.1 Å². The molecule has 1 saturated heterocycles. The zero-order valence-electron chi connectivity index (χ0n) is 16.3. The lowest BCUT2D eigenvalue weighted by molar-refractivity contribution is -0.117. The van der Waals surface area contributed by atoms with E-state index < -0.39 is 0 Å². The van der Waals surface area contributed by atoms with Gasteiger partial charge in [0.15, 0.2) is 11.5 Å². The fraction of sp³-hybridized carbons (Fsp3) is 0.409. The second kappa shape index (κ2) is 8.02. The van der Waals surface area contributed by atoms with Gasteiger partial charge in [-0.2, -0.15) is 0 Å². The van der Waals surface area contributed by atoms with Crippen molar-refractivity contribution < 1.29 is 14.3 Å². The first-order valence-corrected chi connectivity index (χ1v) is 10.1. The number of carbonyl (C=O) groups excluding carboxylic acids is 1. The van der Waals surface area contributed by atoms with Crippen molar-refractivity contribution in [2.45, 2.75) is 32.7 Å². The van der Waals surface area contributed by atoms with E-state index >= 15 is 0 Å². The van der Waals surface area contributed by atoms with E-state index in [1.165, 1.54) is 5.56 Å². The third-order valence-corrected chi connectivity index (χ3v) is 5.66. The summed E-state index contributed by atoms with van der Waals surface area (Å²) in [5.74, 6) is 1.54. The lowest BCUT2D eigenvalue weighted by atomic mass is 10.0. The Morgan fingerprint density at radius 1 is 1.18 bits per heavy atom. The zero-order valence-corrected chi connectivity index (χ0v) is 17.0. The summed E-state index contributed by atoms with van der Waals surface area (Å²) in [5.41, 5.74) is 3.92. The van der Waals surface area contributed by atoms with E-state index in [-0.39, 0.29) is 11.9 Å². The van der Waals surface area contributed by atoms with E-state index in [4.69, 9.17) is 21.1 Å². The number of hydrogen-bond acceptors (Lipinski definition) is 4. The Kier molecular flexibility index (Phi) is 5.47. The van der Waals surface area contributed by atoms with Crippen LogP contribution in [0.25, 0.3) is 0 Å². The molecule has 0 aliphatic carbocycles. The minimum Gasteiger partial charge on any atom is -0.486 e. The van der Waals surface area contributed by atoms with Gasteiger partial charge in [0.2, 0.25) is 5.91 Å². The molecule has 0 bridgehead atoms. The summed E-state index contributed by atoms with van der Waals surface area (Å²) in [6, 6.07) is 10.2. The average molecular weight is 401 g/mol. The Bertz CT molecular complexity index is 876. The van der Waals surface area contributed by atoms with Gasteiger partial charge in [0.05, 0.1) is 17.3 Å². The fourth-order valence-electron chi connectivity index (χ4n) is 4.10. The predicted octanol–water partition coefficient (Wildman–Crippen LogP) is 4.50. The minimum atomic E-state index is -0.0432. The number of fused-ring (bicyclic) bond motifs is 1. The van der Waals surface area contributed by atoms with Crippen LogP contribution in [0.2, 0.25) is 5.02 Å². The van der Waals surface area contributed by atoms with Gasteiger partial charge in [0.1, 0.15) is 13.2 Å². The van der Waals surface area contributed by atoms with Gasteiger partial charge in [-0.25, -0.2) is 0 Å². The first kappa shape index (κ1) is 19.1. The van der Waals surface area contributed by atoms with Crippen LogP contribution in [0.15, 0.2) is 30.3 Å². The number of halogens is 1. The first-order valence-electron chi connectivity index (χ1n) is 9.71. The number of anilines is 1. The molecule has 2 aromatic rings. The molecule has 0 aromatic heterocycles. The maximum absolute atomic E-state index is 12.7.